The van der Waals surface area contributed by atoms with E-state index in [1.165, 1.54) is 11.3 Å². The van der Waals surface area contributed by atoms with Crippen LogP contribution in [-0.4, -0.2) is 28.8 Å². The van der Waals surface area contributed by atoms with Crippen LogP contribution < -0.4 is 11.1 Å². The second-order valence-electron chi connectivity index (χ2n) is 5.75. The highest BCUT2D eigenvalue weighted by molar-refractivity contribution is 5.77. The van der Waals surface area contributed by atoms with Crippen LogP contribution in [0.5, 0.6) is 0 Å². The molecule has 1 aromatic rings. The number of aromatic nitrogens is 2. The number of guanidine groups is 1. The van der Waals surface area contributed by atoms with Crippen LogP contribution >= 0.6 is 0 Å². The number of rotatable bonds is 7. The monoisotopic (exact) mass is 279 g/mol. The van der Waals surface area contributed by atoms with E-state index in [-0.39, 0.29) is 0 Å². The van der Waals surface area contributed by atoms with Gasteiger partial charge in [-0.15, -0.1) is 0 Å². The molecule has 0 fully saturated rings. The molecule has 0 aliphatic heterocycles. The third-order valence-corrected chi connectivity index (χ3v) is 3.55. The van der Waals surface area contributed by atoms with Crippen molar-refractivity contribution in [1.29, 1.82) is 0 Å². The first-order valence-corrected chi connectivity index (χ1v) is 7.44. The maximum atomic E-state index is 5.83. The average Bonchev–Trinajstić information content (AvgIpc) is 2.59. The van der Waals surface area contributed by atoms with Crippen molar-refractivity contribution < 1.29 is 0 Å². The summed E-state index contributed by atoms with van der Waals surface area (Å²) in [7, 11) is 1.99. The van der Waals surface area contributed by atoms with E-state index in [1.54, 1.807) is 0 Å². The minimum Gasteiger partial charge on any atom is -0.370 e. The molecule has 0 saturated heterocycles. The Kier molecular flexibility index (Phi) is 6.55. The molecule has 0 saturated carbocycles. The summed E-state index contributed by atoms with van der Waals surface area (Å²) in [5.74, 6) is 1.25. The van der Waals surface area contributed by atoms with E-state index in [2.05, 4.69) is 43.1 Å². The van der Waals surface area contributed by atoms with Gasteiger partial charge in [-0.1, -0.05) is 13.8 Å². The molecule has 0 bridgehead atoms. The minimum absolute atomic E-state index is 0.560. The van der Waals surface area contributed by atoms with Gasteiger partial charge in [0.2, 0.25) is 0 Å². The van der Waals surface area contributed by atoms with E-state index < -0.39 is 0 Å². The minimum atomic E-state index is 0.560. The van der Waals surface area contributed by atoms with Gasteiger partial charge in [-0.25, -0.2) is 0 Å². The van der Waals surface area contributed by atoms with Crippen molar-refractivity contribution in [3.63, 3.8) is 0 Å². The quantitative estimate of drug-likeness (QED) is 0.455. The molecule has 5 heteroatoms. The summed E-state index contributed by atoms with van der Waals surface area (Å²) in [6, 6.07) is 0. The third kappa shape index (κ3) is 5.23. The Balaban J connectivity index is 2.30. The van der Waals surface area contributed by atoms with E-state index >= 15 is 0 Å². The van der Waals surface area contributed by atoms with Crippen molar-refractivity contribution in [1.82, 2.24) is 15.1 Å². The van der Waals surface area contributed by atoms with Gasteiger partial charge >= 0.3 is 0 Å². The SMILES string of the molecule is Cc1nn(C)c(C)c1CCCN=C(N)NCCC(C)C. The molecule has 5 nitrogen and oxygen atoms in total. The molecule has 0 spiro atoms. The summed E-state index contributed by atoms with van der Waals surface area (Å²) >= 11 is 0. The van der Waals surface area contributed by atoms with Crippen LogP contribution in [0.4, 0.5) is 0 Å². The van der Waals surface area contributed by atoms with Crippen LogP contribution in [0.15, 0.2) is 4.99 Å². The normalized spacial score (nSPS) is 12.2. The van der Waals surface area contributed by atoms with E-state index in [9.17, 15) is 0 Å². The highest BCUT2D eigenvalue weighted by Crippen LogP contribution is 2.13. The molecule has 0 aliphatic carbocycles. The van der Waals surface area contributed by atoms with E-state index in [4.69, 9.17) is 5.73 Å². The fourth-order valence-corrected chi connectivity index (χ4v) is 2.18. The van der Waals surface area contributed by atoms with Crippen molar-refractivity contribution in [2.45, 2.75) is 47.0 Å². The molecule has 20 heavy (non-hydrogen) atoms. The second kappa shape index (κ2) is 7.92. The van der Waals surface area contributed by atoms with Gasteiger partial charge in [-0.2, -0.15) is 5.10 Å². The van der Waals surface area contributed by atoms with Crippen molar-refractivity contribution in [2.75, 3.05) is 13.1 Å². The number of hydrogen-bond donors (Lipinski definition) is 2. The molecule has 0 radical (unpaired) electrons. The van der Waals surface area contributed by atoms with Gasteiger partial charge < -0.3 is 11.1 Å². The van der Waals surface area contributed by atoms with E-state index in [1.807, 2.05) is 11.7 Å². The van der Waals surface area contributed by atoms with Gasteiger partial charge in [-0.05, 0) is 44.6 Å². The van der Waals surface area contributed by atoms with Gasteiger partial charge in [0, 0.05) is 25.8 Å². The van der Waals surface area contributed by atoms with Crippen molar-refractivity contribution >= 4 is 5.96 Å². The highest BCUT2D eigenvalue weighted by atomic mass is 15.3. The number of aliphatic imine (C=N–C) groups is 1. The van der Waals surface area contributed by atoms with Crippen molar-refractivity contribution in [2.24, 2.45) is 23.7 Å². The first kappa shape index (κ1) is 16.5. The number of nitrogens with two attached hydrogens (primary N) is 1. The molecule has 1 heterocycles. The molecular formula is C15H29N5. The first-order chi connectivity index (χ1) is 9.41. The van der Waals surface area contributed by atoms with E-state index in [0.29, 0.717) is 11.9 Å². The lowest BCUT2D eigenvalue weighted by Crippen LogP contribution is -2.33. The summed E-state index contributed by atoms with van der Waals surface area (Å²) in [6.45, 7) is 10.2. The van der Waals surface area contributed by atoms with Crippen LogP contribution in [0.3, 0.4) is 0 Å². The second-order valence-corrected chi connectivity index (χ2v) is 5.75. The van der Waals surface area contributed by atoms with Gasteiger partial charge in [0.05, 0.1) is 5.69 Å². The molecule has 114 valence electrons. The number of nitrogens with zero attached hydrogens (tertiary/aromatic N) is 3. The third-order valence-electron chi connectivity index (χ3n) is 3.55. The fourth-order valence-electron chi connectivity index (χ4n) is 2.18. The van der Waals surface area contributed by atoms with Crippen LogP contribution in [-0.2, 0) is 13.5 Å². The van der Waals surface area contributed by atoms with E-state index in [0.717, 1.165) is 38.0 Å². The van der Waals surface area contributed by atoms with Crippen LogP contribution in [0, 0.1) is 19.8 Å². The lowest BCUT2D eigenvalue weighted by Gasteiger charge is -2.07. The van der Waals surface area contributed by atoms with Gasteiger partial charge in [0.15, 0.2) is 5.96 Å². The molecule has 1 aromatic heterocycles. The topological polar surface area (TPSA) is 68.2 Å². The molecule has 0 aromatic carbocycles. The van der Waals surface area contributed by atoms with Crippen molar-refractivity contribution in [3.05, 3.63) is 17.0 Å². The molecule has 0 unspecified atom stereocenters. The summed E-state index contributed by atoms with van der Waals surface area (Å²) in [6.07, 6.45) is 3.12. The van der Waals surface area contributed by atoms with Crippen molar-refractivity contribution in [3.8, 4) is 0 Å². The Morgan fingerprint density at radius 3 is 2.65 bits per heavy atom. The molecule has 0 atom stereocenters. The average molecular weight is 279 g/mol. The smallest absolute Gasteiger partial charge is 0.188 e. The highest BCUT2D eigenvalue weighted by Gasteiger charge is 2.08. The fraction of sp³-hybridized carbons (Fsp3) is 0.733. The largest absolute Gasteiger partial charge is 0.370 e. The summed E-state index contributed by atoms with van der Waals surface area (Å²) in [5.41, 5.74) is 9.53. The Hall–Kier alpha value is -1.52. The number of hydrogen-bond acceptors (Lipinski definition) is 2. The predicted molar refractivity (Wildman–Crippen MR) is 85.0 cm³/mol. The van der Waals surface area contributed by atoms with Gasteiger partial charge in [0.25, 0.3) is 0 Å². The summed E-state index contributed by atoms with van der Waals surface area (Å²) < 4.78 is 1.94. The molecule has 0 aliphatic rings. The van der Waals surface area contributed by atoms with Crippen LogP contribution in [0.25, 0.3) is 0 Å². The maximum Gasteiger partial charge on any atom is 0.188 e. The summed E-state index contributed by atoms with van der Waals surface area (Å²) in [4.78, 5) is 4.36. The van der Waals surface area contributed by atoms with Crippen LogP contribution in [0.1, 0.15) is 43.6 Å². The molecular weight excluding hydrogens is 250 g/mol. The maximum absolute atomic E-state index is 5.83. The van der Waals surface area contributed by atoms with Gasteiger partial charge in [0.1, 0.15) is 0 Å². The van der Waals surface area contributed by atoms with Crippen LogP contribution in [0.2, 0.25) is 0 Å². The standard InChI is InChI=1S/C15H29N5/c1-11(2)8-10-18-15(16)17-9-6-7-14-12(3)19-20(5)13(14)4/h11H,6-10H2,1-5H3,(H3,16,17,18). The Morgan fingerprint density at radius 2 is 2.10 bits per heavy atom. The predicted octanol–water partition coefficient (Wildman–Crippen LogP) is 1.92. The number of aryl methyl sites for hydroxylation is 2. The zero-order valence-electron chi connectivity index (χ0n) is 13.5. The first-order valence-electron chi connectivity index (χ1n) is 7.44. The molecule has 1 rings (SSSR count). The zero-order valence-corrected chi connectivity index (χ0v) is 13.5. The molecule has 3 N–H and O–H groups in total. The lowest BCUT2D eigenvalue weighted by atomic mass is 10.1. The molecule has 0 amide bonds. The Morgan fingerprint density at radius 1 is 1.40 bits per heavy atom. The number of nitrogens with one attached hydrogen (secondary N) is 1. The zero-order chi connectivity index (χ0) is 15.1. The lowest BCUT2D eigenvalue weighted by molar-refractivity contribution is 0.576. The Bertz CT molecular complexity index is 445. The summed E-state index contributed by atoms with van der Waals surface area (Å²) in [5, 5.41) is 7.58. The van der Waals surface area contributed by atoms with Gasteiger partial charge in [-0.3, -0.25) is 9.67 Å². The Labute approximate surface area is 122 Å².